The molecule has 1 heterocycles. The maximum absolute atomic E-state index is 5.84. The van der Waals surface area contributed by atoms with Crippen LogP contribution in [0, 0.1) is 13.8 Å². The first kappa shape index (κ1) is 10.7. The second-order valence-corrected chi connectivity index (χ2v) is 4.45. The third-order valence-corrected chi connectivity index (χ3v) is 2.68. The van der Waals surface area contributed by atoms with Crippen LogP contribution in [0.2, 0.25) is 0 Å². The van der Waals surface area contributed by atoms with E-state index in [4.69, 9.17) is 9.47 Å². The van der Waals surface area contributed by atoms with Crippen LogP contribution in [0.4, 0.5) is 0 Å². The van der Waals surface area contributed by atoms with Crippen LogP contribution in [0.15, 0.2) is 24.3 Å². The maximum atomic E-state index is 5.84. The van der Waals surface area contributed by atoms with Gasteiger partial charge in [-0.15, -0.1) is 0 Å². The zero-order chi connectivity index (χ0) is 11.1. The molecule has 1 aliphatic heterocycles. The van der Waals surface area contributed by atoms with E-state index in [9.17, 15) is 0 Å². The van der Waals surface area contributed by atoms with Crippen molar-refractivity contribution in [2.24, 2.45) is 0 Å². The van der Waals surface area contributed by atoms with Gasteiger partial charge in [-0.05, 0) is 38.8 Å². The van der Waals surface area contributed by atoms with Gasteiger partial charge < -0.3 is 9.47 Å². The summed E-state index contributed by atoms with van der Waals surface area (Å²) < 4.78 is 11.5. The van der Waals surface area contributed by atoms with Crippen molar-refractivity contribution < 1.29 is 9.47 Å². The van der Waals surface area contributed by atoms with Crippen molar-refractivity contribution in [3.8, 4) is 0 Å². The molecule has 2 nitrogen and oxygen atoms in total. The Hall–Kier alpha value is -0.860. The van der Waals surface area contributed by atoms with Crippen LogP contribution in [0.25, 0.3) is 0 Å². The van der Waals surface area contributed by atoms with Crippen LogP contribution in [-0.4, -0.2) is 11.9 Å². The minimum atomic E-state index is -0.528. The molecule has 0 aromatic heterocycles. The van der Waals surface area contributed by atoms with E-state index in [1.54, 1.807) is 0 Å². The molecular weight excluding hydrogens is 188 g/mol. The van der Waals surface area contributed by atoms with E-state index in [1.165, 1.54) is 11.1 Å². The van der Waals surface area contributed by atoms with Crippen LogP contribution in [0.3, 0.4) is 0 Å². The molecule has 0 unspecified atom stereocenters. The first-order valence-electron chi connectivity index (χ1n) is 5.24. The predicted molar refractivity (Wildman–Crippen MR) is 59.3 cm³/mol. The Morgan fingerprint density at radius 3 is 2.40 bits per heavy atom. The van der Waals surface area contributed by atoms with Crippen LogP contribution in [0.5, 0.6) is 0 Å². The fourth-order valence-electron chi connectivity index (χ4n) is 2.01. The monoisotopic (exact) mass is 205 g/mol. The lowest BCUT2D eigenvalue weighted by Crippen LogP contribution is -2.20. The van der Waals surface area contributed by atoms with Gasteiger partial charge in [0.25, 0.3) is 0 Å². The van der Waals surface area contributed by atoms with Gasteiger partial charge in [0.1, 0.15) is 6.10 Å². The Bertz CT molecular complexity index is 357. The summed E-state index contributed by atoms with van der Waals surface area (Å²) in [7, 11) is 0. The number of hydrogen-bond donors (Lipinski definition) is 0. The first-order valence-corrected chi connectivity index (χ1v) is 5.24. The number of ether oxygens (including phenoxy) is 2. The molecule has 15 heavy (non-hydrogen) atoms. The molecule has 1 saturated heterocycles. The molecule has 1 aliphatic rings. The Morgan fingerprint density at radius 1 is 1.20 bits per heavy atom. The Balaban J connectivity index is 2.29. The van der Waals surface area contributed by atoms with Crippen molar-refractivity contribution >= 4 is 0 Å². The molecule has 1 radical (unpaired) electrons. The lowest BCUT2D eigenvalue weighted by Gasteiger charge is -2.18. The lowest BCUT2D eigenvalue weighted by molar-refractivity contribution is -0.143. The van der Waals surface area contributed by atoms with Crippen molar-refractivity contribution in [2.75, 3.05) is 0 Å². The van der Waals surface area contributed by atoms with Crippen LogP contribution < -0.4 is 0 Å². The molecule has 1 aromatic rings. The largest absolute Gasteiger partial charge is 0.344 e. The van der Waals surface area contributed by atoms with Crippen molar-refractivity contribution in [3.05, 3.63) is 42.3 Å². The van der Waals surface area contributed by atoms with Gasteiger partial charge in [0.2, 0.25) is 0 Å². The van der Waals surface area contributed by atoms with Crippen molar-refractivity contribution in [3.63, 3.8) is 0 Å². The Morgan fingerprint density at radius 2 is 1.87 bits per heavy atom. The van der Waals surface area contributed by atoms with E-state index in [2.05, 4.69) is 26.0 Å². The average molecular weight is 205 g/mol. The molecule has 1 aromatic carbocycles. The maximum Gasteiger partial charge on any atom is 0.164 e. The van der Waals surface area contributed by atoms with E-state index in [0.717, 1.165) is 0 Å². The first-order chi connectivity index (χ1) is 6.99. The van der Waals surface area contributed by atoms with Gasteiger partial charge in [0.05, 0.1) is 6.10 Å². The zero-order valence-corrected chi connectivity index (χ0v) is 9.49. The van der Waals surface area contributed by atoms with Crippen LogP contribution in [0.1, 0.15) is 31.1 Å². The molecule has 0 saturated carbocycles. The van der Waals surface area contributed by atoms with Gasteiger partial charge in [0, 0.05) is 0 Å². The molecular formula is C13H17O2. The molecule has 0 bridgehead atoms. The average Bonchev–Trinajstić information content (AvgIpc) is 2.40. The molecule has 0 aliphatic carbocycles. The SMILES string of the molecule is [CH2][C@@H]1OC(C)(C)O[C@H]1c1ccccc1C. The minimum absolute atomic E-state index is 0.0544. The van der Waals surface area contributed by atoms with Gasteiger partial charge in [0.15, 0.2) is 5.79 Å². The summed E-state index contributed by atoms with van der Waals surface area (Å²) in [4.78, 5) is 0. The quantitative estimate of drug-likeness (QED) is 0.701. The number of hydrogen-bond acceptors (Lipinski definition) is 2. The van der Waals surface area contributed by atoms with Gasteiger partial charge in [-0.25, -0.2) is 0 Å². The van der Waals surface area contributed by atoms with Crippen molar-refractivity contribution in [1.29, 1.82) is 0 Å². The summed E-state index contributed by atoms with van der Waals surface area (Å²) in [6, 6.07) is 8.20. The Kier molecular flexibility index (Phi) is 2.57. The molecule has 0 spiro atoms. The van der Waals surface area contributed by atoms with E-state index < -0.39 is 5.79 Å². The van der Waals surface area contributed by atoms with Gasteiger partial charge >= 0.3 is 0 Å². The normalized spacial score (nSPS) is 29.3. The summed E-state index contributed by atoms with van der Waals surface area (Å²) in [5, 5.41) is 0. The number of aryl methyl sites for hydroxylation is 1. The molecule has 2 heteroatoms. The van der Waals surface area contributed by atoms with Crippen molar-refractivity contribution in [1.82, 2.24) is 0 Å². The minimum Gasteiger partial charge on any atom is -0.344 e. The fourth-order valence-corrected chi connectivity index (χ4v) is 2.01. The van der Waals surface area contributed by atoms with Gasteiger partial charge in [-0.1, -0.05) is 24.3 Å². The zero-order valence-electron chi connectivity index (χ0n) is 9.49. The van der Waals surface area contributed by atoms with E-state index in [1.807, 2.05) is 26.0 Å². The van der Waals surface area contributed by atoms with E-state index in [-0.39, 0.29) is 12.2 Å². The summed E-state index contributed by atoms with van der Waals surface area (Å²) in [6.07, 6.45) is -0.192. The van der Waals surface area contributed by atoms with Crippen molar-refractivity contribution in [2.45, 2.75) is 38.8 Å². The summed E-state index contributed by atoms with van der Waals surface area (Å²) >= 11 is 0. The molecule has 1 fully saturated rings. The van der Waals surface area contributed by atoms with E-state index in [0.29, 0.717) is 0 Å². The smallest absolute Gasteiger partial charge is 0.164 e. The van der Waals surface area contributed by atoms with E-state index >= 15 is 0 Å². The summed E-state index contributed by atoms with van der Waals surface area (Å²) in [5.74, 6) is -0.528. The second kappa shape index (κ2) is 3.62. The third kappa shape index (κ3) is 2.06. The van der Waals surface area contributed by atoms with Gasteiger partial charge in [-0.3, -0.25) is 0 Å². The number of rotatable bonds is 1. The summed E-state index contributed by atoms with van der Waals surface area (Å²) in [6.45, 7) is 9.91. The molecule has 81 valence electrons. The Labute approximate surface area is 91.2 Å². The molecule has 0 amide bonds. The highest BCUT2D eigenvalue weighted by Crippen LogP contribution is 2.38. The standard InChI is InChI=1S/C13H17O2/c1-9-7-5-6-8-11(9)12-10(2)14-13(3,4)15-12/h5-8,10,12H,2H2,1,3-4H3/t10-,12+/m0/s1. The molecule has 2 rings (SSSR count). The third-order valence-electron chi connectivity index (χ3n) is 2.68. The second-order valence-electron chi connectivity index (χ2n) is 4.45. The predicted octanol–water partition coefficient (Wildman–Crippen LogP) is 3.02. The highest BCUT2D eigenvalue weighted by molar-refractivity contribution is 5.29. The molecule has 2 atom stereocenters. The van der Waals surface area contributed by atoms with Crippen LogP contribution >= 0.6 is 0 Å². The number of benzene rings is 1. The lowest BCUT2D eigenvalue weighted by atomic mass is 10.0. The molecule has 0 N–H and O–H groups in total. The fraction of sp³-hybridized carbons (Fsp3) is 0.462. The topological polar surface area (TPSA) is 18.5 Å². The highest BCUT2D eigenvalue weighted by Gasteiger charge is 2.39. The highest BCUT2D eigenvalue weighted by atomic mass is 16.7. The summed E-state index contributed by atoms with van der Waals surface area (Å²) in [5.41, 5.74) is 2.39. The van der Waals surface area contributed by atoms with Gasteiger partial charge in [-0.2, -0.15) is 0 Å². The van der Waals surface area contributed by atoms with Crippen LogP contribution in [-0.2, 0) is 9.47 Å².